The third kappa shape index (κ3) is 3.29. The third-order valence-electron chi connectivity index (χ3n) is 4.56. The summed E-state index contributed by atoms with van der Waals surface area (Å²) in [6, 6.07) is 5.71. The quantitative estimate of drug-likeness (QED) is 0.884. The van der Waals surface area contributed by atoms with Gasteiger partial charge in [-0.05, 0) is 62.5 Å². The fourth-order valence-electron chi connectivity index (χ4n) is 3.17. The molecule has 1 aliphatic carbocycles. The minimum atomic E-state index is -3.54. The van der Waals surface area contributed by atoms with Crippen LogP contribution >= 0.6 is 11.3 Å². The van der Waals surface area contributed by atoms with Crippen LogP contribution in [0.25, 0.3) is 0 Å². The average molecular weight is 367 g/mol. The van der Waals surface area contributed by atoms with Gasteiger partial charge in [-0.1, -0.05) is 0 Å². The van der Waals surface area contributed by atoms with Crippen molar-refractivity contribution in [2.45, 2.75) is 30.2 Å². The first-order valence-electron chi connectivity index (χ1n) is 7.82. The summed E-state index contributed by atoms with van der Waals surface area (Å²) >= 11 is 1.37. The SMILES string of the molecule is COc1ccc(NS(=O)(=O)c2ccsc2)c2c1CC(N(C)C)CC2. The van der Waals surface area contributed by atoms with Crippen molar-refractivity contribution in [3.8, 4) is 5.75 Å². The van der Waals surface area contributed by atoms with E-state index in [0.717, 1.165) is 36.1 Å². The van der Waals surface area contributed by atoms with E-state index in [1.165, 1.54) is 11.3 Å². The Morgan fingerprint density at radius 1 is 1.25 bits per heavy atom. The van der Waals surface area contributed by atoms with E-state index in [1.807, 2.05) is 6.07 Å². The number of methoxy groups -OCH3 is 1. The van der Waals surface area contributed by atoms with Gasteiger partial charge in [0.1, 0.15) is 5.75 Å². The molecule has 0 saturated heterocycles. The predicted molar refractivity (Wildman–Crippen MR) is 97.6 cm³/mol. The second kappa shape index (κ2) is 6.74. The molecule has 1 unspecified atom stereocenters. The maximum absolute atomic E-state index is 12.5. The summed E-state index contributed by atoms with van der Waals surface area (Å²) in [7, 11) is 2.26. The smallest absolute Gasteiger partial charge is 0.262 e. The normalized spacial score (nSPS) is 17.6. The second-order valence-corrected chi connectivity index (χ2v) is 8.66. The van der Waals surface area contributed by atoms with Gasteiger partial charge in [-0.2, -0.15) is 11.3 Å². The second-order valence-electron chi connectivity index (χ2n) is 6.20. The van der Waals surface area contributed by atoms with Crippen LogP contribution in [0.4, 0.5) is 5.69 Å². The highest BCUT2D eigenvalue weighted by Crippen LogP contribution is 2.36. The molecule has 0 bridgehead atoms. The Morgan fingerprint density at radius 2 is 2.04 bits per heavy atom. The lowest BCUT2D eigenvalue weighted by Crippen LogP contribution is -2.34. The number of benzene rings is 1. The van der Waals surface area contributed by atoms with E-state index in [-0.39, 0.29) is 0 Å². The lowest BCUT2D eigenvalue weighted by Gasteiger charge is -2.32. The zero-order chi connectivity index (χ0) is 17.3. The number of thiophene rings is 1. The number of anilines is 1. The van der Waals surface area contributed by atoms with E-state index >= 15 is 0 Å². The number of nitrogens with zero attached hydrogens (tertiary/aromatic N) is 1. The Hall–Kier alpha value is -1.57. The first-order valence-corrected chi connectivity index (χ1v) is 10.2. The number of likely N-dealkylation sites (N-methyl/N-ethyl adjacent to an activating group) is 1. The summed E-state index contributed by atoms with van der Waals surface area (Å²) in [6.45, 7) is 0. The van der Waals surface area contributed by atoms with Gasteiger partial charge in [0, 0.05) is 17.0 Å². The number of hydrogen-bond donors (Lipinski definition) is 1. The van der Waals surface area contributed by atoms with Crippen molar-refractivity contribution in [1.29, 1.82) is 0 Å². The van der Waals surface area contributed by atoms with E-state index in [0.29, 0.717) is 16.6 Å². The maximum atomic E-state index is 12.5. The molecule has 1 atom stereocenters. The van der Waals surface area contributed by atoms with Crippen molar-refractivity contribution in [2.24, 2.45) is 0 Å². The Bertz CT molecular complexity index is 815. The Balaban J connectivity index is 1.98. The highest BCUT2D eigenvalue weighted by molar-refractivity contribution is 7.92. The van der Waals surface area contributed by atoms with Gasteiger partial charge >= 0.3 is 0 Å². The van der Waals surface area contributed by atoms with Gasteiger partial charge in [0.25, 0.3) is 10.0 Å². The topological polar surface area (TPSA) is 58.6 Å². The Morgan fingerprint density at radius 3 is 2.67 bits per heavy atom. The zero-order valence-electron chi connectivity index (χ0n) is 14.1. The van der Waals surface area contributed by atoms with Crippen molar-refractivity contribution in [3.63, 3.8) is 0 Å². The van der Waals surface area contributed by atoms with Crippen molar-refractivity contribution >= 4 is 27.0 Å². The Labute approximate surface area is 147 Å². The number of fused-ring (bicyclic) bond motifs is 1. The van der Waals surface area contributed by atoms with Crippen LogP contribution in [-0.2, 0) is 22.9 Å². The highest BCUT2D eigenvalue weighted by Gasteiger charge is 2.27. The first kappa shape index (κ1) is 17.3. The molecule has 0 aliphatic heterocycles. The van der Waals surface area contributed by atoms with Crippen LogP contribution in [0.1, 0.15) is 17.5 Å². The van der Waals surface area contributed by atoms with E-state index in [2.05, 4.69) is 23.7 Å². The molecule has 0 spiro atoms. The molecular formula is C17H22N2O3S2. The van der Waals surface area contributed by atoms with Crippen LogP contribution in [-0.4, -0.2) is 40.6 Å². The largest absolute Gasteiger partial charge is 0.496 e. The lowest BCUT2D eigenvalue weighted by atomic mass is 9.86. The maximum Gasteiger partial charge on any atom is 0.262 e. The first-order chi connectivity index (χ1) is 11.4. The molecule has 1 N–H and O–H groups in total. The molecule has 2 aromatic rings. The van der Waals surface area contributed by atoms with Gasteiger partial charge in [-0.25, -0.2) is 8.42 Å². The fourth-order valence-corrected chi connectivity index (χ4v) is 5.29. The molecule has 0 radical (unpaired) electrons. The molecule has 1 heterocycles. The van der Waals surface area contributed by atoms with Gasteiger partial charge in [0.15, 0.2) is 0 Å². The van der Waals surface area contributed by atoms with E-state index in [9.17, 15) is 8.42 Å². The van der Waals surface area contributed by atoms with Crippen LogP contribution in [0, 0.1) is 0 Å². The number of hydrogen-bond acceptors (Lipinski definition) is 5. The molecule has 1 aliphatic rings. The van der Waals surface area contributed by atoms with Gasteiger partial charge in [-0.15, -0.1) is 0 Å². The number of sulfonamides is 1. The van der Waals surface area contributed by atoms with Gasteiger partial charge < -0.3 is 9.64 Å². The number of nitrogens with one attached hydrogen (secondary N) is 1. The van der Waals surface area contributed by atoms with Crippen LogP contribution in [0.5, 0.6) is 5.75 Å². The molecule has 5 nitrogen and oxygen atoms in total. The van der Waals surface area contributed by atoms with Crippen LogP contribution in [0.15, 0.2) is 33.9 Å². The fraction of sp³-hybridized carbons (Fsp3) is 0.412. The molecule has 1 aromatic heterocycles. The van der Waals surface area contributed by atoms with Crippen molar-refractivity contribution in [2.75, 3.05) is 25.9 Å². The van der Waals surface area contributed by atoms with E-state index in [4.69, 9.17) is 4.74 Å². The monoisotopic (exact) mass is 366 g/mol. The number of rotatable bonds is 5. The predicted octanol–water partition coefficient (Wildman–Crippen LogP) is 2.98. The van der Waals surface area contributed by atoms with Gasteiger partial charge in [0.2, 0.25) is 0 Å². The summed E-state index contributed by atoms with van der Waals surface area (Å²) in [5, 5.41) is 3.40. The van der Waals surface area contributed by atoms with Crippen molar-refractivity contribution in [3.05, 3.63) is 40.1 Å². The summed E-state index contributed by atoms with van der Waals surface area (Å²) in [5.41, 5.74) is 2.81. The van der Waals surface area contributed by atoms with E-state index in [1.54, 1.807) is 30.0 Å². The third-order valence-corrected chi connectivity index (χ3v) is 6.75. The van der Waals surface area contributed by atoms with Gasteiger partial charge in [0.05, 0.1) is 17.7 Å². The molecule has 0 saturated carbocycles. The zero-order valence-corrected chi connectivity index (χ0v) is 15.7. The van der Waals surface area contributed by atoms with Crippen LogP contribution < -0.4 is 9.46 Å². The Kier molecular flexibility index (Phi) is 4.85. The summed E-state index contributed by atoms with van der Waals surface area (Å²) in [5.74, 6) is 0.829. The summed E-state index contributed by atoms with van der Waals surface area (Å²) in [4.78, 5) is 2.52. The minimum absolute atomic E-state index is 0.305. The summed E-state index contributed by atoms with van der Waals surface area (Å²) in [6.07, 6.45) is 2.69. The lowest BCUT2D eigenvalue weighted by molar-refractivity contribution is 0.265. The highest BCUT2D eigenvalue weighted by atomic mass is 32.2. The van der Waals surface area contributed by atoms with Gasteiger partial charge in [-0.3, -0.25) is 4.72 Å². The summed E-state index contributed by atoms with van der Waals surface area (Å²) < 4.78 is 33.3. The molecule has 3 rings (SSSR count). The standard InChI is InChI=1S/C17H22N2O3S2/c1-19(2)12-4-5-14-15(10-12)17(22-3)7-6-16(14)18-24(20,21)13-8-9-23-11-13/h6-9,11-12,18H,4-5,10H2,1-3H3. The minimum Gasteiger partial charge on any atom is -0.496 e. The molecule has 1 aromatic carbocycles. The molecule has 24 heavy (non-hydrogen) atoms. The number of ether oxygens (including phenoxy) is 1. The molecule has 130 valence electrons. The molecule has 0 amide bonds. The van der Waals surface area contributed by atoms with Crippen LogP contribution in [0.2, 0.25) is 0 Å². The van der Waals surface area contributed by atoms with E-state index < -0.39 is 10.0 Å². The average Bonchev–Trinajstić information content (AvgIpc) is 3.10. The van der Waals surface area contributed by atoms with Crippen molar-refractivity contribution in [1.82, 2.24) is 4.90 Å². The van der Waals surface area contributed by atoms with Crippen LogP contribution in [0.3, 0.4) is 0 Å². The molecule has 0 fully saturated rings. The van der Waals surface area contributed by atoms with Crippen molar-refractivity contribution < 1.29 is 13.2 Å². The molecular weight excluding hydrogens is 344 g/mol. The molecule has 7 heteroatoms.